The second kappa shape index (κ2) is 5.80. The van der Waals surface area contributed by atoms with Gasteiger partial charge in [-0.2, -0.15) is 0 Å². The standard InChI is InChI=1S/C12H13Br2N3/c1-8(12-15-4-5-16-12)17-7-9-2-3-10(13)11(14)6-9/h2-6,8,17H,7H2,1H3,(H,15,16). The molecule has 2 N–H and O–H groups in total. The van der Waals surface area contributed by atoms with Crippen LogP contribution in [0.4, 0.5) is 0 Å². The molecule has 1 unspecified atom stereocenters. The highest BCUT2D eigenvalue weighted by atomic mass is 79.9. The average molecular weight is 359 g/mol. The Balaban J connectivity index is 1.96. The predicted molar refractivity (Wildman–Crippen MR) is 75.7 cm³/mol. The maximum Gasteiger partial charge on any atom is 0.122 e. The summed E-state index contributed by atoms with van der Waals surface area (Å²) in [5.41, 5.74) is 1.23. The number of nitrogens with one attached hydrogen (secondary N) is 2. The van der Waals surface area contributed by atoms with E-state index in [1.54, 1.807) is 6.20 Å². The van der Waals surface area contributed by atoms with E-state index < -0.39 is 0 Å². The normalized spacial score (nSPS) is 12.6. The molecule has 0 saturated heterocycles. The molecule has 2 rings (SSSR count). The third kappa shape index (κ3) is 3.40. The molecule has 0 fully saturated rings. The van der Waals surface area contributed by atoms with Gasteiger partial charge in [0.2, 0.25) is 0 Å². The van der Waals surface area contributed by atoms with Crippen molar-refractivity contribution in [1.82, 2.24) is 15.3 Å². The summed E-state index contributed by atoms with van der Waals surface area (Å²) in [5, 5.41) is 3.42. The summed E-state index contributed by atoms with van der Waals surface area (Å²) in [6.07, 6.45) is 3.60. The molecule has 0 aliphatic rings. The summed E-state index contributed by atoms with van der Waals surface area (Å²) in [7, 11) is 0. The van der Waals surface area contributed by atoms with E-state index in [0.29, 0.717) is 0 Å². The zero-order valence-corrected chi connectivity index (χ0v) is 12.5. The number of aromatic amines is 1. The van der Waals surface area contributed by atoms with E-state index in [2.05, 4.69) is 66.2 Å². The van der Waals surface area contributed by atoms with Crippen LogP contribution in [0, 0.1) is 0 Å². The van der Waals surface area contributed by atoms with Crippen molar-refractivity contribution in [2.24, 2.45) is 0 Å². The van der Waals surface area contributed by atoms with E-state index in [1.165, 1.54) is 5.56 Å². The lowest BCUT2D eigenvalue weighted by Gasteiger charge is -2.11. The summed E-state index contributed by atoms with van der Waals surface area (Å²) in [5.74, 6) is 0.959. The van der Waals surface area contributed by atoms with Gasteiger partial charge in [0.05, 0.1) is 6.04 Å². The summed E-state index contributed by atoms with van der Waals surface area (Å²) in [6.45, 7) is 2.90. The number of hydrogen-bond donors (Lipinski definition) is 2. The van der Waals surface area contributed by atoms with Crippen LogP contribution in [0.1, 0.15) is 24.4 Å². The van der Waals surface area contributed by atoms with Gasteiger partial charge in [0, 0.05) is 27.9 Å². The fourth-order valence-corrected chi connectivity index (χ4v) is 2.20. The molecule has 5 heteroatoms. The monoisotopic (exact) mass is 357 g/mol. The van der Waals surface area contributed by atoms with Crippen molar-refractivity contribution in [3.63, 3.8) is 0 Å². The Morgan fingerprint density at radius 1 is 1.35 bits per heavy atom. The molecule has 0 bridgehead atoms. The third-order valence-corrected chi connectivity index (χ3v) is 4.41. The van der Waals surface area contributed by atoms with Gasteiger partial charge >= 0.3 is 0 Å². The molecule has 1 heterocycles. The van der Waals surface area contributed by atoms with Crippen molar-refractivity contribution >= 4 is 31.9 Å². The number of imidazole rings is 1. The van der Waals surface area contributed by atoms with Gasteiger partial charge in [-0.1, -0.05) is 6.07 Å². The fraction of sp³-hybridized carbons (Fsp3) is 0.250. The van der Waals surface area contributed by atoms with Gasteiger partial charge in [-0.3, -0.25) is 0 Å². The highest BCUT2D eigenvalue weighted by Crippen LogP contribution is 2.23. The Bertz CT molecular complexity index is 483. The first-order valence-electron chi connectivity index (χ1n) is 5.33. The van der Waals surface area contributed by atoms with Crippen molar-refractivity contribution < 1.29 is 0 Å². The summed E-state index contributed by atoms with van der Waals surface area (Å²) < 4.78 is 2.14. The van der Waals surface area contributed by atoms with Crippen LogP contribution in [-0.2, 0) is 6.54 Å². The van der Waals surface area contributed by atoms with Crippen LogP contribution in [0.15, 0.2) is 39.5 Å². The van der Waals surface area contributed by atoms with Gasteiger partial charge in [0.25, 0.3) is 0 Å². The van der Waals surface area contributed by atoms with Crippen molar-refractivity contribution in [1.29, 1.82) is 0 Å². The summed E-state index contributed by atoms with van der Waals surface area (Å²) in [6, 6.07) is 6.45. The van der Waals surface area contributed by atoms with Crippen molar-refractivity contribution in [2.45, 2.75) is 19.5 Å². The minimum Gasteiger partial charge on any atom is -0.347 e. The number of benzene rings is 1. The van der Waals surface area contributed by atoms with Crippen LogP contribution in [0.2, 0.25) is 0 Å². The van der Waals surface area contributed by atoms with Gasteiger partial charge in [-0.15, -0.1) is 0 Å². The number of nitrogens with zero attached hydrogens (tertiary/aromatic N) is 1. The van der Waals surface area contributed by atoms with Crippen molar-refractivity contribution in [2.75, 3.05) is 0 Å². The second-order valence-electron chi connectivity index (χ2n) is 3.83. The average Bonchev–Trinajstić information content (AvgIpc) is 2.84. The van der Waals surface area contributed by atoms with Crippen LogP contribution in [0.25, 0.3) is 0 Å². The van der Waals surface area contributed by atoms with Crippen molar-refractivity contribution in [3.8, 4) is 0 Å². The molecular formula is C12H13Br2N3. The van der Waals surface area contributed by atoms with E-state index in [0.717, 1.165) is 21.3 Å². The number of rotatable bonds is 4. The lowest BCUT2D eigenvalue weighted by Crippen LogP contribution is -2.19. The Hall–Kier alpha value is -0.650. The Kier molecular flexibility index (Phi) is 4.36. The minimum absolute atomic E-state index is 0.215. The number of hydrogen-bond acceptors (Lipinski definition) is 2. The van der Waals surface area contributed by atoms with Gasteiger partial charge in [-0.25, -0.2) is 4.98 Å². The topological polar surface area (TPSA) is 40.7 Å². The molecule has 17 heavy (non-hydrogen) atoms. The highest BCUT2D eigenvalue weighted by molar-refractivity contribution is 9.13. The van der Waals surface area contributed by atoms with Gasteiger partial charge < -0.3 is 10.3 Å². The predicted octanol–water partition coefficient (Wildman–Crippen LogP) is 3.79. The molecule has 1 atom stereocenters. The first kappa shape index (κ1) is 12.8. The maximum absolute atomic E-state index is 4.23. The van der Waals surface area contributed by atoms with E-state index in [-0.39, 0.29) is 6.04 Å². The third-order valence-electron chi connectivity index (χ3n) is 2.53. The molecule has 0 spiro atoms. The molecule has 0 radical (unpaired) electrons. The Labute approximate surface area is 117 Å². The number of halogens is 2. The maximum atomic E-state index is 4.23. The van der Waals surface area contributed by atoms with Crippen molar-refractivity contribution in [3.05, 3.63) is 50.9 Å². The molecule has 1 aromatic carbocycles. The lowest BCUT2D eigenvalue weighted by molar-refractivity contribution is 0.551. The summed E-state index contributed by atoms with van der Waals surface area (Å²) >= 11 is 6.96. The largest absolute Gasteiger partial charge is 0.347 e. The van der Waals surface area contributed by atoms with Crippen LogP contribution in [0.3, 0.4) is 0 Å². The Morgan fingerprint density at radius 3 is 2.82 bits per heavy atom. The first-order valence-corrected chi connectivity index (χ1v) is 6.92. The van der Waals surface area contributed by atoms with Crippen LogP contribution in [-0.4, -0.2) is 9.97 Å². The molecule has 0 amide bonds. The van der Waals surface area contributed by atoms with E-state index in [9.17, 15) is 0 Å². The zero-order chi connectivity index (χ0) is 12.3. The summed E-state index contributed by atoms with van der Waals surface area (Å²) in [4.78, 5) is 7.33. The molecule has 0 saturated carbocycles. The van der Waals surface area contributed by atoms with E-state index in [1.807, 2.05) is 12.3 Å². The first-order chi connectivity index (χ1) is 8.16. The molecule has 1 aromatic heterocycles. The van der Waals surface area contributed by atoms with E-state index >= 15 is 0 Å². The number of H-pyrrole nitrogens is 1. The fourth-order valence-electron chi connectivity index (χ4n) is 1.53. The van der Waals surface area contributed by atoms with Crippen LogP contribution < -0.4 is 5.32 Å². The number of aromatic nitrogens is 2. The van der Waals surface area contributed by atoms with Gasteiger partial charge in [-0.05, 0) is 56.5 Å². The van der Waals surface area contributed by atoms with Gasteiger partial charge in [0.15, 0.2) is 0 Å². The SMILES string of the molecule is CC(NCc1ccc(Br)c(Br)c1)c1ncc[nH]1. The smallest absolute Gasteiger partial charge is 0.122 e. The minimum atomic E-state index is 0.215. The Morgan fingerprint density at radius 2 is 2.18 bits per heavy atom. The van der Waals surface area contributed by atoms with Crippen LogP contribution >= 0.6 is 31.9 Å². The van der Waals surface area contributed by atoms with Crippen LogP contribution in [0.5, 0.6) is 0 Å². The molecule has 90 valence electrons. The molecule has 0 aliphatic carbocycles. The molecule has 2 aromatic rings. The highest BCUT2D eigenvalue weighted by Gasteiger charge is 2.07. The van der Waals surface area contributed by atoms with E-state index in [4.69, 9.17) is 0 Å². The van der Waals surface area contributed by atoms with Gasteiger partial charge in [0.1, 0.15) is 5.82 Å². The molecular weight excluding hydrogens is 346 g/mol. The lowest BCUT2D eigenvalue weighted by atomic mass is 10.2. The zero-order valence-electron chi connectivity index (χ0n) is 9.37. The molecule has 3 nitrogen and oxygen atoms in total. The second-order valence-corrected chi connectivity index (χ2v) is 5.53. The molecule has 0 aliphatic heterocycles. The quantitative estimate of drug-likeness (QED) is 0.872.